The van der Waals surface area contributed by atoms with Crippen molar-refractivity contribution < 1.29 is 0 Å². The lowest BCUT2D eigenvalue weighted by atomic mass is 9.82. The van der Waals surface area contributed by atoms with Crippen molar-refractivity contribution in [1.82, 2.24) is 24.4 Å². The Morgan fingerprint density at radius 1 is 0.814 bits per heavy atom. The third kappa shape index (κ3) is 5.63. The Morgan fingerprint density at radius 3 is 2.30 bits per heavy atom. The van der Waals surface area contributed by atoms with Crippen LogP contribution in [0.3, 0.4) is 0 Å². The molecular weight excluding hydrogens is 530 g/mol. The Labute approximate surface area is 253 Å². The maximum atomic E-state index is 9.21. The van der Waals surface area contributed by atoms with Gasteiger partial charge in [-0.25, -0.2) is 15.0 Å². The smallest absolute Gasteiger partial charge is 0.165 e. The highest BCUT2D eigenvalue weighted by Crippen LogP contribution is 2.35. The van der Waals surface area contributed by atoms with Crippen LogP contribution in [0.2, 0.25) is 0 Å². The van der Waals surface area contributed by atoms with Gasteiger partial charge in [0.25, 0.3) is 0 Å². The first-order chi connectivity index (χ1) is 21.2. The quantitative estimate of drug-likeness (QED) is 0.232. The molecule has 0 bridgehead atoms. The molecule has 0 atom stereocenters. The molecule has 2 aliphatic rings. The number of nitrogen functional groups attached to an aromatic ring is 1. The second kappa shape index (κ2) is 12.0. The van der Waals surface area contributed by atoms with Crippen LogP contribution >= 0.6 is 0 Å². The fourth-order valence-electron chi connectivity index (χ4n) is 6.94. The van der Waals surface area contributed by atoms with Crippen molar-refractivity contribution in [2.45, 2.75) is 44.4 Å². The molecule has 7 heteroatoms. The predicted molar refractivity (Wildman–Crippen MR) is 171 cm³/mol. The van der Waals surface area contributed by atoms with Gasteiger partial charge in [0.05, 0.1) is 17.3 Å². The topological polar surface area (TPSA) is 96.7 Å². The Morgan fingerprint density at radius 2 is 1.58 bits per heavy atom. The standard InChI is InChI=1S/C36H37N7/c37-23-25-8-10-26(11-9-25)24-42-21-18-28(19-22-42)27-12-14-30(15-13-27)43-35(31-7-4-20-39-34(31)38)41-33-17-16-32(40-36(33)43)29-5-2-1-3-6-29/h1-7,12-17,20,25-26,28H,8-11,18-19,21-22,24H2,(H2,38,39). The molecule has 2 fully saturated rings. The number of nitrogens with zero attached hydrogens (tertiary/aromatic N) is 6. The Balaban J connectivity index is 1.14. The minimum atomic E-state index is 0.282. The molecule has 1 aliphatic carbocycles. The average molecular weight is 568 g/mol. The van der Waals surface area contributed by atoms with Crippen LogP contribution in [0.15, 0.2) is 85.1 Å². The molecule has 7 nitrogen and oxygen atoms in total. The number of anilines is 1. The normalized spacial score (nSPS) is 19.8. The maximum Gasteiger partial charge on any atom is 0.165 e. The molecule has 0 amide bonds. The zero-order valence-corrected chi connectivity index (χ0v) is 24.4. The van der Waals surface area contributed by atoms with Crippen molar-refractivity contribution in [2.75, 3.05) is 25.4 Å². The molecule has 3 aromatic heterocycles. The van der Waals surface area contributed by atoms with Crippen LogP contribution in [0, 0.1) is 23.2 Å². The van der Waals surface area contributed by atoms with E-state index in [0.29, 0.717) is 11.7 Å². The fraction of sp³-hybridized carbons (Fsp3) is 0.333. The van der Waals surface area contributed by atoms with E-state index in [0.717, 1.165) is 71.3 Å². The van der Waals surface area contributed by atoms with E-state index < -0.39 is 0 Å². The molecule has 7 rings (SSSR count). The molecule has 2 aromatic carbocycles. The molecule has 216 valence electrons. The molecule has 43 heavy (non-hydrogen) atoms. The van der Waals surface area contributed by atoms with Crippen molar-refractivity contribution in [3.63, 3.8) is 0 Å². The van der Waals surface area contributed by atoms with Gasteiger partial charge in [0.2, 0.25) is 0 Å². The van der Waals surface area contributed by atoms with Crippen LogP contribution in [-0.2, 0) is 0 Å². The van der Waals surface area contributed by atoms with Gasteiger partial charge < -0.3 is 10.6 Å². The minimum absolute atomic E-state index is 0.282. The van der Waals surface area contributed by atoms with Crippen LogP contribution in [-0.4, -0.2) is 44.1 Å². The second-order valence-corrected chi connectivity index (χ2v) is 12.1. The summed E-state index contributed by atoms with van der Waals surface area (Å²) in [5, 5.41) is 9.21. The van der Waals surface area contributed by atoms with Gasteiger partial charge in [-0.05, 0) is 105 Å². The van der Waals surface area contributed by atoms with Gasteiger partial charge in [-0.1, -0.05) is 42.5 Å². The number of imidazole rings is 1. The largest absolute Gasteiger partial charge is 0.383 e. The number of likely N-dealkylation sites (tertiary alicyclic amines) is 1. The average Bonchev–Trinajstić information content (AvgIpc) is 3.45. The van der Waals surface area contributed by atoms with E-state index in [1.54, 1.807) is 6.20 Å². The zero-order valence-electron chi connectivity index (χ0n) is 24.4. The highest BCUT2D eigenvalue weighted by Gasteiger charge is 2.26. The van der Waals surface area contributed by atoms with Crippen molar-refractivity contribution in [2.24, 2.45) is 11.8 Å². The summed E-state index contributed by atoms with van der Waals surface area (Å²) < 4.78 is 2.11. The molecule has 0 radical (unpaired) electrons. The summed E-state index contributed by atoms with van der Waals surface area (Å²) in [5.74, 6) is 2.79. The van der Waals surface area contributed by atoms with E-state index in [1.165, 1.54) is 37.8 Å². The van der Waals surface area contributed by atoms with Gasteiger partial charge in [0.1, 0.15) is 11.3 Å². The van der Waals surface area contributed by atoms with E-state index in [-0.39, 0.29) is 5.92 Å². The Kier molecular flexibility index (Phi) is 7.61. The first-order valence-electron chi connectivity index (χ1n) is 15.5. The van der Waals surface area contributed by atoms with Gasteiger partial charge in [-0.2, -0.15) is 5.26 Å². The van der Waals surface area contributed by atoms with E-state index in [1.807, 2.05) is 42.5 Å². The number of fused-ring (bicyclic) bond motifs is 1. The number of benzene rings is 2. The van der Waals surface area contributed by atoms with Crippen LogP contribution in [0.5, 0.6) is 0 Å². The van der Waals surface area contributed by atoms with Crippen LogP contribution in [0.1, 0.15) is 50.0 Å². The summed E-state index contributed by atoms with van der Waals surface area (Å²) in [6, 6.07) is 29.6. The van der Waals surface area contributed by atoms with E-state index in [9.17, 15) is 5.26 Å². The molecule has 1 aliphatic heterocycles. The number of piperidine rings is 1. The molecule has 0 spiro atoms. The van der Waals surface area contributed by atoms with E-state index in [4.69, 9.17) is 15.7 Å². The van der Waals surface area contributed by atoms with Crippen LogP contribution < -0.4 is 5.73 Å². The number of nitrogens with two attached hydrogens (primary N) is 1. The van der Waals surface area contributed by atoms with Gasteiger partial charge in [-0.15, -0.1) is 0 Å². The van der Waals surface area contributed by atoms with Gasteiger partial charge in [0.15, 0.2) is 11.5 Å². The molecule has 1 saturated heterocycles. The van der Waals surface area contributed by atoms with Crippen molar-refractivity contribution in [3.05, 3.63) is 90.6 Å². The zero-order chi connectivity index (χ0) is 29.2. The van der Waals surface area contributed by atoms with Gasteiger partial charge in [0, 0.05) is 29.9 Å². The summed E-state index contributed by atoms with van der Waals surface area (Å²) in [6.45, 7) is 3.48. The lowest BCUT2D eigenvalue weighted by Crippen LogP contribution is -2.37. The molecule has 1 saturated carbocycles. The van der Waals surface area contributed by atoms with Crippen LogP contribution in [0.25, 0.3) is 39.5 Å². The lowest BCUT2D eigenvalue weighted by molar-refractivity contribution is 0.158. The number of hydrogen-bond acceptors (Lipinski definition) is 6. The van der Waals surface area contributed by atoms with Crippen LogP contribution in [0.4, 0.5) is 5.82 Å². The highest BCUT2D eigenvalue weighted by molar-refractivity contribution is 5.84. The van der Waals surface area contributed by atoms with Crippen molar-refractivity contribution in [3.8, 4) is 34.4 Å². The van der Waals surface area contributed by atoms with Crippen molar-refractivity contribution in [1.29, 1.82) is 5.26 Å². The third-order valence-electron chi connectivity index (χ3n) is 9.41. The number of nitriles is 1. The van der Waals surface area contributed by atoms with Gasteiger partial charge in [-0.3, -0.25) is 4.57 Å². The number of rotatable bonds is 6. The van der Waals surface area contributed by atoms with Gasteiger partial charge >= 0.3 is 0 Å². The number of pyridine rings is 2. The lowest BCUT2D eigenvalue weighted by Gasteiger charge is -2.36. The number of aromatic nitrogens is 4. The van der Waals surface area contributed by atoms with Crippen molar-refractivity contribution >= 4 is 17.0 Å². The summed E-state index contributed by atoms with van der Waals surface area (Å²) in [6.07, 6.45) is 8.63. The summed E-state index contributed by atoms with van der Waals surface area (Å²) in [7, 11) is 0. The number of hydrogen-bond donors (Lipinski definition) is 1. The van der Waals surface area contributed by atoms with E-state index >= 15 is 0 Å². The second-order valence-electron chi connectivity index (χ2n) is 12.1. The SMILES string of the molecule is N#CC1CCC(CN2CCC(c3ccc(-n4c(-c5cccnc5N)nc5ccc(-c6ccccc6)nc54)cc3)CC2)CC1. The summed E-state index contributed by atoms with van der Waals surface area (Å²) >= 11 is 0. The Hall–Kier alpha value is -4.54. The first-order valence-corrected chi connectivity index (χ1v) is 15.5. The molecule has 5 aromatic rings. The Bertz CT molecular complexity index is 1740. The first kappa shape index (κ1) is 27.3. The van der Waals surface area contributed by atoms with E-state index in [2.05, 4.69) is 56.9 Å². The molecule has 0 unspecified atom stereocenters. The third-order valence-corrected chi connectivity index (χ3v) is 9.41. The summed E-state index contributed by atoms with van der Waals surface area (Å²) in [5.41, 5.74) is 13.1. The monoisotopic (exact) mass is 567 g/mol. The summed E-state index contributed by atoms with van der Waals surface area (Å²) in [4.78, 5) is 17.1. The highest BCUT2D eigenvalue weighted by atomic mass is 15.1. The molecule has 4 heterocycles. The minimum Gasteiger partial charge on any atom is -0.383 e. The fourth-order valence-corrected chi connectivity index (χ4v) is 6.94. The molecule has 2 N–H and O–H groups in total. The molecular formula is C36H37N7. The predicted octanol–water partition coefficient (Wildman–Crippen LogP) is 7.24. The maximum absolute atomic E-state index is 9.21.